The van der Waals surface area contributed by atoms with Gasteiger partial charge in [0.2, 0.25) is 5.69 Å². The largest absolute Gasteiger partial charge is 0.711 e. The molecular weight excluding hydrogens is 341 g/mol. The third-order valence-electron chi connectivity index (χ3n) is 3.25. The van der Waals surface area contributed by atoms with E-state index in [2.05, 4.69) is 4.98 Å². The van der Waals surface area contributed by atoms with E-state index in [1.165, 1.54) is 24.3 Å². The summed E-state index contributed by atoms with van der Waals surface area (Å²) in [6.45, 7) is 0. The molecule has 2 rings (SSSR count). The van der Waals surface area contributed by atoms with E-state index < -0.39 is 16.8 Å². The Hall–Kier alpha value is -3.17. The molecule has 0 spiro atoms. The van der Waals surface area contributed by atoms with Gasteiger partial charge < -0.3 is 10.1 Å². The summed E-state index contributed by atoms with van der Waals surface area (Å²) >= 11 is 0. The van der Waals surface area contributed by atoms with Gasteiger partial charge in [0.1, 0.15) is 5.69 Å². The van der Waals surface area contributed by atoms with Crippen LogP contribution in [0.25, 0.3) is 12.2 Å². The van der Waals surface area contributed by atoms with Gasteiger partial charge in [-0.15, -0.1) is 0 Å². The van der Waals surface area contributed by atoms with Crippen LogP contribution in [0.5, 0.6) is 0 Å². The van der Waals surface area contributed by atoms with Gasteiger partial charge in [-0.1, -0.05) is 12.1 Å². The molecule has 0 radical (unpaired) electrons. The number of anilines is 1. The normalized spacial score (nSPS) is 11.7. The Kier molecular flexibility index (Phi) is 4.91. The molecule has 0 saturated heterocycles. The quantitative estimate of drug-likeness (QED) is 0.365. The molecule has 0 N–H and O–H groups in total. The Morgan fingerprint density at radius 2 is 1.92 bits per heavy atom. The van der Waals surface area contributed by atoms with Gasteiger partial charge >= 0.3 is 6.18 Å². The Labute approximate surface area is 140 Å². The zero-order valence-electron chi connectivity index (χ0n) is 13.2. The smallest absolute Gasteiger partial charge is 0.454 e. The first-order valence-corrected chi connectivity index (χ1v) is 6.90. The van der Waals surface area contributed by atoms with E-state index in [1.807, 2.05) is 0 Å². The second kappa shape index (κ2) is 6.75. The fourth-order valence-electron chi connectivity index (χ4n) is 2.07. The van der Waals surface area contributed by atoms with Gasteiger partial charge in [0.05, 0.1) is 4.92 Å². The van der Waals surface area contributed by atoms with Gasteiger partial charge in [0.25, 0.3) is 12.0 Å². The SMILES string of the molecule is CN(C)c1ccc(C=Cc2cc(C(F)(F)F)[n+]([O-])cn2)cc1[N+](=O)[O-]. The fourth-order valence-corrected chi connectivity index (χ4v) is 2.07. The van der Waals surface area contributed by atoms with Crippen molar-refractivity contribution in [2.45, 2.75) is 6.18 Å². The number of nitro groups is 1. The fraction of sp³-hybridized carbons (Fsp3) is 0.200. The number of hydrogen-bond donors (Lipinski definition) is 0. The lowest BCUT2D eigenvalue weighted by molar-refractivity contribution is -0.632. The number of nitro benzene ring substituents is 1. The summed E-state index contributed by atoms with van der Waals surface area (Å²) in [4.78, 5) is 15.7. The number of aromatic nitrogens is 2. The Morgan fingerprint density at radius 1 is 1.24 bits per heavy atom. The number of nitrogens with zero attached hydrogens (tertiary/aromatic N) is 4. The summed E-state index contributed by atoms with van der Waals surface area (Å²) in [5, 5.41) is 22.3. The van der Waals surface area contributed by atoms with Crippen LogP contribution in [0.15, 0.2) is 30.6 Å². The van der Waals surface area contributed by atoms with Crippen LogP contribution in [0, 0.1) is 15.3 Å². The topological polar surface area (TPSA) is 86.2 Å². The molecule has 1 aromatic heterocycles. The minimum atomic E-state index is -4.81. The van der Waals surface area contributed by atoms with Gasteiger partial charge in [-0.2, -0.15) is 13.2 Å². The van der Waals surface area contributed by atoms with Crippen molar-refractivity contribution < 1.29 is 22.8 Å². The van der Waals surface area contributed by atoms with E-state index in [0.717, 1.165) is 0 Å². The Bertz CT molecular complexity index is 835. The number of halogens is 3. The van der Waals surface area contributed by atoms with Crippen LogP contribution in [0.4, 0.5) is 24.5 Å². The maximum atomic E-state index is 12.7. The number of alkyl halides is 3. The Balaban J connectivity index is 2.37. The van der Waals surface area contributed by atoms with Crippen LogP contribution in [0.2, 0.25) is 0 Å². The average Bonchev–Trinajstić information content (AvgIpc) is 2.52. The predicted molar refractivity (Wildman–Crippen MR) is 84.6 cm³/mol. The van der Waals surface area contributed by atoms with Gasteiger partial charge in [-0.05, 0) is 22.7 Å². The van der Waals surface area contributed by atoms with Crippen molar-refractivity contribution in [2.75, 3.05) is 19.0 Å². The highest BCUT2D eigenvalue weighted by molar-refractivity contribution is 5.73. The van der Waals surface area contributed by atoms with E-state index in [4.69, 9.17) is 0 Å². The van der Waals surface area contributed by atoms with E-state index in [0.29, 0.717) is 23.6 Å². The van der Waals surface area contributed by atoms with Crippen LogP contribution in [-0.4, -0.2) is 24.0 Å². The van der Waals surface area contributed by atoms with E-state index in [-0.39, 0.29) is 16.1 Å². The summed E-state index contributed by atoms with van der Waals surface area (Å²) in [6.07, 6.45) is -1.67. The lowest BCUT2D eigenvalue weighted by atomic mass is 10.1. The molecule has 1 heterocycles. The van der Waals surface area contributed by atoms with Crippen molar-refractivity contribution in [2.24, 2.45) is 0 Å². The Morgan fingerprint density at radius 3 is 2.48 bits per heavy atom. The molecule has 0 atom stereocenters. The molecule has 25 heavy (non-hydrogen) atoms. The minimum Gasteiger partial charge on any atom is -0.711 e. The lowest BCUT2D eigenvalue weighted by Crippen LogP contribution is -2.37. The average molecular weight is 354 g/mol. The maximum absolute atomic E-state index is 12.7. The second-order valence-corrected chi connectivity index (χ2v) is 5.26. The maximum Gasteiger partial charge on any atom is 0.454 e. The van der Waals surface area contributed by atoms with Crippen molar-refractivity contribution in [3.63, 3.8) is 0 Å². The van der Waals surface area contributed by atoms with Crippen LogP contribution < -0.4 is 9.63 Å². The van der Waals surface area contributed by atoms with Gasteiger partial charge in [-0.25, -0.2) is 4.73 Å². The van der Waals surface area contributed by atoms with Crippen LogP contribution >= 0.6 is 0 Å². The van der Waals surface area contributed by atoms with Crippen molar-refractivity contribution in [3.05, 3.63) is 62.9 Å². The standard InChI is InChI=1S/C15H13F3N4O3/c1-20(2)12-6-4-10(7-13(12)22(24)25)3-5-11-8-14(15(16,17)18)21(23)9-19-11/h3-9H,1-2H3. The first-order valence-electron chi connectivity index (χ1n) is 6.90. The molecular formula is C15H13F3N4O3. The second-order valence-electron chi connectivity index (χ2n) is 5.26. The minimum absolute atomic E-state index is 0.0984. The monoisotopic (exact) mass is 354 g/mol. The van der Waals surface area contributed by atoms with Gasteiger partial charge in [0.15, 0.2) is 5.69 Å². The molecule has 0 bridgehead atoms. The third-order valence-corrected chi connectivity index (χ3v) is 3.25. The van der Waals surface area contributed by atoms with Crippen molar-refractivity contribution in [1.82, 2.24) is 4.98 Å². The highest BCUT2D eigenvalue weighted by Gasteiger charge is 2.37. The summed E-state index contributed by atoms with van der Waals surface area (Å²) in [6, 6.07) is 5.02. The van der Waals surface area contributed by atoms with Crippen molar-refractivity contribution in [1.29, 1.82) is 0 Å². The molecule has 2 aromatic rings. The van der Waals surface area contributed by atoms with Crippen molar-refractivity contribution in [3.8, 4) is 0 Å². The lowest BCUT2D eigenvalue weighted by Gasteiger charge is -2.12. The zero-order chi connectivity index (χ0) is 18.8. The molecule has 0 saturated carbocycles. The number of benzene rings is 1. The molecule has 1 aromatic carbocycles. The van der Waals surface area contributed by atoms with E-state index >= 15 is 0 Å². The first-order chi connectivity index (χ1) is 11.6. The van der Waals surface area contributed by atoms with Gasteiger partial charge in [0, 0.05) is 26.2 Å². The van der Waals surface area contributed by atoms with Crippen molar-refractivity contribution >= 4 is 23.5 Å². The zero-order valence-corrected chi connectivity index (χ0v) is 13.2. The van der Waals surface area contributed by atoms with E-state index in [1.54, 1.807) is 25.1 Å². The molecule has 0 fully saturated rings. The summed E-state index contributed by atoms with van der Waals surface area (Å²) in [5.41, 5.74) is -0.824. The highest BCUT2D eigenvalue weighted by Crippen LogP contribution is 2.29. The highest BCUT2D eigenvalue weighted by atomic mass is 19.4. The van der Waals surface area contributed by atoms with Crippen LogP contribution in [-0.2, 0) is 6.18 Å². The molecule has 7 nitrogen and oxygen atoms in total. The van der Waals surface area contributed by atoms with Crippen LogP contribution in [0.3, 0.4) is 0 Å². The first kappa shape index (κ1) is 18.2. The third kappa shape index (κ3) is 4.22. The molecule has 132 valence electrons. The molecule has 0 amide bonds. The molecule has 10 heteroatoms. The van der Waals surface area contributed by atoms with Gasteiger partial charge in [-0.3, -0.25) is 10.1 Å². The summed E-state index contributed by atoms with van der Waals surface area (Å²) in [5.74, 6) is 0. The molecule has 0 aliphatic heterocycles. The molecule has 0 unspecified atom stereocenters. The number of rotatable bonds is 4. The van der Waals surface area contributed by atoms with E-state index in [9.17, 15) is 28.5 Å². The molecule has 0 aliphatic rings. The summed E-state index contributed by atoms with van der Waals surface area (Å²) < 4.78 is 37.7. The molecule has 0 aliphatic carbocycles. The number of hydrogen-bond acceptors (Lipinski definition) is 5. The predicted octanol–water partition coefficient (Wildman–Crippen LogP) is 2.88. The van der Waals surface area contributed by atoms with Crippen LogP contribution in [0.1, 0.15) is 17.0 Å². The summed E-state index contributed by atoms with van der Waals surface area (Å²) in [7, 11) is 3.31.